The Morgan fingerprint density at radius 1 is 1.44 bits per heavy atom. The quantitative estimate of drug-likeness (QED) is 0.416. The van der Waals surface area contributed by atoms with Gasteiger partial charge in [0.1, 0.15) is 6.61 Å². The zero-order valence-corrected chi connectivity index (χ0v) is 9.95. The number of ketones is 1. The van der Waals surface area contributed by atoms with Gasteiger partial charge in [0.25, 0.3) is 0 Å². The highest BCUT2D eigenvalue weighted by molar-refractivity contribution is 5.98. The summed E-state index contributed by atoms with van der Waals surface area (Å²) in [4.78, 5) is 11.8. The Bertz CT molecular complexity index is 380. The van der Waals surface area contributed by atoms with E-state index in [1.54, 1.807) is 6.08 Å². The van der Waals surface area contributed by atoms with Gasteiger partial charge in [0, 0.05) is 5.56 Å². The molecule has 0 fully saturated rings. The molecule has 0 saturated heterocycles. The van der Waals surface area contributed by atoms with Gasteiger partial charge in [-0.05, 0) is 31.9 Å². The van der Waals surface area contributed by atoms with Crippen molar-refractivity contribution in [3.8, 4) is 0 Å². The Morgan fingerprint density at radius 2 is 2.19 bits per heavy atom. The van der Waals surface area contributed by atoms with E-state index in [4.69, 9.17) is 4.74 Å². The summed E-state index contributed by atoms with van der Waals surface area (Å²) in [7, 11) is 0. The Labute approximate surface area is 96.9 Å². The predicted octanol–water partition coefficient (Wildman–Crippen LogP) is 3.08. The fourth-order valence-electron chi connectivity index (χ4n) is 1.45. The molecule has 0 aliphatic rings. The maximum Gasteiger partial charge on any atom is 0.188 e. The fourth-order valence-corrected chi connectivity index (χ4v) is 1.45. The lowest BCUT2D eigenvalue weighted by atomic mass is 10.0. The molecule has 0 radical (unpaired) electrons. The number of rotatable bonds is 6. The zero-order valence-electron chi connectivity index (χ0n) is 9.95. The van der Waals surface area contributed by atoms with E-state index in [9.17, 15) is 4.79 Å². The second-order valence-corrected chi connectivity index (χ2v) is 3.87. The molecule has 0 bridgehead atoms. The maximum atomic E-state index is 11.8. The van der Waals surface area contributed by atoms with Gasteiger partial charge in [0.05, 0.1) is 6.61 Å². The molecule has 86 valence electrons. The Morgan fingerprint density at radius 3 is 2.88 bits per heavy atom. The minimum atomic E-state index is 0.0465. The number of hydrogen-bond donors (Lipinski definition) is 0. The Kier molecular flexibility index (Phi) is 4.93. The first-order chi connectivity index (χ1) is 7.65. The molecule has 0 N–H and O–H groups in total. The van der Waals surface area contributed by atoms with Crippen LogP contribution in [0.15, 0.2) is 30.9 Å². The molecule has 0 aliphatic carbocycles. The van der Waals surface area contributed by atoms with Gasteiger partial charge in [-0.25, -0.2) is 0 Å². The van der Waals surface area contributed by atoms with Crippen molar-refractivity contribution in [2.75, 3.05) is 13.2 Å². The lowest BCUT2D eigenvalue weighted by molar-refractivity contribution is 0.0767. The highest BCUT2D eigenvalue weighted by Crippen LogP contribution is 2.11. The molecule has 0 aliphatic heterocycles. The molecule has 1 rings (SSSR count). The number of aryl methyl sites for hydroxylation is 2. The van der Waals surface area contributed by atoms with Crippen LogP contribution < -0.4 is 0 Å². The van der Waals surface area contributed by atoms with Crippen molar-refractivity contribution in [1.29, 1.82) is 0 Å². The summed E-state index contributed by atoms with van der Waals surface area (Å²) in [6.45, 7) is 8.22. The van der Waals surface area contributed by atoms with E-state index in [1.165, 1.54) is 0 Å². The normalized spacial score (nSPS) is 10.1. The van der Waals surface area contributed by atoms with E-state index in [0.29, 0.717) is 6.61 Å². The van der Waals surface area contributed by atoms with Gasteiger partial charge in [-0.1, -0.05) is 23.8 Å². The van der Waals surface area contributed by atoms with Crippen LogP contribution >= 0.6 is 0 Å². The van der Waals surface area contributed by atoms with Crippen LogP contribution in [0, 0.1) is 13.8 Å². The standard InChI is InChI=1S/C14H18O2/c1-4-5-8-16-10-14(15)13-9-11(2)6-7-12(13)3/h4,6-7,9H,1,5,8,10H2,2-3H3. The van der Waals surface area contributed by atoms with Gasteiger partial charge in [-0.15, -0.1) is 6.58 Å². The summed E-state index contributed by atoms with van der Waals surface area (Å²) in [6.07, 6.45) is 2.56. The Hall–Kier alpha value is -1.41. The topological polar surface area (TPSA) is 26.3 Å². The number of benzene rings is 1. The van der Waals surface area contributed by atoms with Crippen LogP contribution in [0.25, 0.3) is 0 Å². The van der Waals surface area contributed by atoms with Crippen LogP contribution in [0.1, 0.15) is 27.9 Å². The van der Waals surface area contributed by atoms with Crippen molar-refractivity contribution >= 4 is 5.78 Å². The minimum absolute atomic E-state index is 0.0465. The fraction of sp³-hybridized carbons (Fsp3) is 0.357. The first kappa shape index (κ1) is 12.7. The highest BCUT2D eigenvalue weighted by atomic mass is 16.5. The van der Waals surface area contributed by atoms with Gasteiger partial charge in [-0.2, -0.15) is 0 Å². The van der Waals surface area contributed by atoms with Crippen LogP contribution in [0.5, 0.6) is 0 Å². The molecule has 0 aromatic heterocycles. The number of hydrogen-bond acceptors (Lipinski definition) is 2. The van der Waals surface area contributed by atoms with Crippen LogP contribution in [0.3, 0.4) is 0 Å². The monoisotopic (exact) mass is 218 g/mol. The number of Topliss-reactive ketones (excluding diaryl/α,β-unsaturated/α-hetero) is 1. The van der Waals surface area contributed by atoms with Crippen LogP contribution in [-0.2, 0) is 4.74 Å². The lowest BCUT2D eigenvalue weighted by Crippen LogP contribution is -2.11. The van der Waals surface area contributed by atoms with E-state index < -0.39 is 0 Å². The Balaban J connectivity index is 2.58. The maximum absolute atomic E-state index is 11.8. The summed E-state index contributed by atoms with van der Waals surface area (Å²) in [5.74, 6) is 0.0465. The number of ether oxygens (including phenoxy) is 1. The summed E-state index contributed by atoms with van der Waals surface area (Å²) in [5, 5.41) is 0. The van der Waals surface area contributed by atoms with E-state index in [2.05, 4.69) is 6.58 Å². The smallest absolute Gasteiger partial charge is 0.188 e. The molecule has 1 aromatic carbocycles. The molecule has 0 atom stereocenters. The molecule has 0 amide bonds. The first-order valence-corrected chi connectivity index (χ1v) is 5.44. The number of carbonyl (C=O) groups is 1. The van der Waals surface area contributed by atoms with Crippen molar-refractivity contribution in [1.82, 2.24) is 0 Å². The first-order valence-electron chi connectivity index (χ1n) is 5.44. The SMILES string of the molecule is C=CCCOCC(=O)c1cc(C)ccc1C. The molecule has 1 aromatic rings. The van der Waals surface area contributed by atoms with Crippen molar-refractivity contribution in [2.24, 2.45) is 0 Å². The van der Waals surface area contributed by atoms with Crippen molar-refractivity contribution in [2.45, 2.75) is 20.3 Å². The van der Waals surface area contributed by atoms with Crippen molar-refractivity contribution < 1.29 is 9.53 Å². The van der Waals surface area contributed by atoms with Gasteiger partial charge in [-0.3, -0.25) is 4.79 Å². The lowest BCUT2D eigenvalue weighted by Gasteiger charge is -2.06. The third-order valence-electron chi connectivity index (χ3n) is 2.39. The molecule has 0 heterocycles. The third kappa shape index (κ3) is 3.63. The van der Waals surface area contributed by atoms with E-state index in [-0.39, 0.29) is 12.4 Å². The third-order valence-corrected chi connectivity index (χ3v) is 2.39. The second kappa shape index (κ2) is 6.23. The second-order valence-electron chi connectivity index (χ2n) is 3.87. The molecular formula is C14H18O2. The molecular weight excluding hydrogens is 200 g/mol. The highest BCUT2D eigenvalue weighted by Gasteiger charge is 2.08. The van der Waals surface area contributed by atoms with Crippen LogP contribution in [0.2, 0.25) is 0 Å². The summed E-state index contributed by atoms with van der Waals surface area (Å²) in [5.41, 5.74) is 2.86. The molecule has 0 spiro atoms. The minimum Gasteiger partial charge on any atom is -0.373 e. The van der Waals surface area contributed by atoms with Gasteiger partial charge < -0.3 is 4.74 Å². The van der Waals surface area contributed by atoms with Gasteiger partial charge >= 0.3 is 0 Å². The molecule has 2 heteroatoms. The zero-order chi connectivity index (χ0) is 12.0. The van der Waals surface area contributed by atoms with Gasteiger partial charge in [0.2, 0.25) is 0 Å². The summed E-state index contributed by atoms with van der Waals surface area (Å²) in [6, 6.07) is 5.88. The number of carbonyl (C=O) groups excluding carboxylic acids is 1. The molecule has 2 nitrogen and oxygen atoms in total. The largest absolute Gasteiger partial charge is 0.373 e. The van der Waals surface area contributed by atoms with E-state index >= 15 is 0 Å². The summed E-state index contributed by atoms with van der Waals surface area (Å²) >= 11 is 0. The predicted molar refractivity (Wildman–Crippen MR) is 65.9 cm³/mol. The average molecular weight is 218 g/mol. The molecule has 16 heavy (non-hydrogen) atoms. The van der Waals surface area contributed by atoms with Crippen molar-refractivity contribution in [3.63, 3.8) is 0 Å². The van der Waals surface area contributed by atoms with Gasteiger partial charge in [0.15, 0.2) is 5.78 Å². The van der Waals surface area contributed by atoms with E-state index in [1.807, 2.05) is 32.0 Å². The van der Waals surface area contributed by atoms with E-state index in [0.717, 1.165) is 23.1 Å². The van der Waals surface area contributed by atoms with Crippen LogP contribution in [-0.4, -0.2) is 19.0 Å². The summed E-state index contributed by atoms with van der Waals surface area (Å²) < 4.78 is 5.26. The van der Waals surface area contributed by atoms with Crippen molar-refractivity contribution in [3.05, 3.63) is 47.5 Å². The molecule has 0 saturated carbocycles. The average Bonchev–Trinajstić information content (AvgIpc) is 2.27. The molecule has 0 unspecified atom stereocenters. The van der Waals surface area contributed by atoms with Crippen LogP contribution in [0.4, 0.5) is 0 Å².